The molecular formula is C20H26Cl2N2O2. The molecule has 0 aliphatic heterocycles. The normalized spacial score (nSPS) is 10.1. The maximum Gasteiger partial charge on any atom is 0.0726 e. The van der Waals surface area contributed by atoms with Crippen LogP contribution in [0, 0.1) is 13.8 Å². The van der Waals surface area contributed by atoms with E-state index in [0.717, 1.165) is 11.1 Å². The van der Waals surface area contributed by atoms with Crippen molar-refractivity contribution in [3.63, 3.8) is 0 Å². The predicted molar refractivity (Wildman–Crippen MR) is 107 cm³/mol. The molecule has 6 heteroatoms. The average Bonchev–Trinajstić information content (AvgIpc) is 2.58. The third-order valence-corrected chi connectivity index (χ3v) is 4.66. The fraction of sp³-hybridized carbons (Fsp3) is 0.350. The number of hydrogen-bond acceptors (Lipinski definition) is 3. The lowest BCUT2D eigenvalue weighted by molar-refractivity contribution is -0.648. The summed E-state index contributed by atoms with van der Waals surface area (Å²) < 4.78 is 0. The van der Waals surface area contributed by atoms with E-state index in [1.165, 1.54) is 13.1 Å². The molecule has 0 radical (unpaired) electrons. The van der Waals surface area contributed by atoms with Gasteiger partial charge in [-0.3, -0.25) is 0 Å². The van der Waals surface area contributed by atoms with Gasteiger partial charge >= 0.3 is 0 Å². The van der Waals surface area contributed by atoms with Crippen LogP contribution in [0.5, 0.6) is 0 Å². The number of anilines is 2. The SMILES string of the molecule is CC[NH2+]CC.Cc1ccc(Nc2ccc(Cl)c(C)c2Cl)c(CC(=O)[O-])c1. The van der Waals surface area contributed by atoms with E-state index >= 15 is 0 Å². The van der Waals surface area contributed by atoms with Crippen molar-refractivity contribution < 1.29 is 15.2 Å². The summed E-state index contributed by atoms with van der Waals surface area (Å²) in [6.45, 7) is 10.5. The third kappa shape index (κ3) is 6.87. The van der Waals surface area contributed by atoms with Crippen molar-refractivity contribution in [2.24, 2.45) is 0 Å². The molecule has 142 valence electrons. The fourth-order valence-electron chi connectivity index (χ4n) is 2.34. The predicted octanol–water partition coefficient (Wildman–Crippen LogP) is 3.24. The molecule has 0 fully saturated rings. The van der Waals surface area contributed by atoms with Gasteiger partial charge in [-0.1, -0.05) is 40.9 Å². The van der Waals surface area contributed by atoms with Gasteiger partial charge in [-0.15, -0.1) is 0 Å². The first-order valence-corrected chi connectivity index (χ1v) is 9.38. The van der Waals surface area contributed by atoms with Crippen LogP contribution in [0.25, 0.3) is 0 Å². The molecule has 2 rings (SSSR count). The molecule has 0 bridgehead atoms. The molecule has 0 aliphatic carbocycles. The summed E-state index contributed by atoms with van der Waals surface area (Å²) in [5.41, 5.74) is 3.78. The van der Waals surface area contributed by atoms with E-state index in [9.17, 15) is 9.90 Å². The van der Waals surface area contributed by atoms with Gasteiger partial charge < -0.3 is 20.5 Å². The zero-order chi connectivity index (χ0) is 19.7. The molecule has 3 N–H and O–H groups in total. The van der Waals surface area contributed by atoms with E-state index in [4.69, 9.17) is 23.2 Å². The Balaban J connectivity index is 0.000000597. The van der Waals surface area contributed by atoms with Crippen LogP contribution in [0.4, 0.5) is 11.4 Å². The van der Waals surface area contributed by atoms with E-state index in [0.29, 0.717) is 27.0 Å². The number of carbonyl (C=O) groups excluding carboxylic acids is 1. The van der Waals surface area contributed by atoms with E-state index < -0.39 is 5.97 Å². The molecule has 0 saturated carbocycles. The van der Waals surface area contributed by atoms with Crippen LogP contribution in [-0.4, -0.2) is 19.1 Å². The Labute approximate surface area is 165 Å². The van der Waals surface area contributed by atoms with Gasteiger partial charge in [0.2, 0.25) is 0 Å². The Bertz CT molecular complexity index is 747. The van der Waals surface area contributed by atoms with Crippen LogP contribution >= 0.6 is 23.2 Å². The summed E-state index contributed by atoms with van der Waals surface area (Å²) in [7, 11) is 0. The third-order valence-electron chi connectivity index (χ3n) is 3.76. The number of nitrogens with one attached hydrogen (secondary N) is 1. The first kappa shape index (κ1) is 22.3. The number of benzene rings is 2. The fourth-order valence-corrected chi connectivity index (χ4v) is 2.76. The average molecular weight is 397 g/mol. The minimum absolute atomic E-state index is 0.159. The molecular weight excluding hydrogens is 371 g/mol. The van der Waals surface area contributed by atoms with Crippen molar-refractivity contribution in [2.45, 2.75) is 34.1 Å². The highest BCUT2D eigenvalue weighted by atomic mass is 35.5. The molecule has 4 nitrogen and oxygen atoms in total. The largest absolute Gasteiger partial charge is 0.550 e. The van der Waals surface area contributed by atoms with Crippen LogP contribution < -0.4 is 15.7 Å². The molecule has 0 unspecified atom stereocenters. The van der Waals surface area contributed by atoms with Crippen LogP contribution in [0.1, 0.15) is 30.5 Å². The highest BCUT2D eigenvalue weighted by molar-refractivity contribution is 6.37. The number of nitrogens with two attached hydrogens (primary N) is 1. The van der Waals surface area contributed by atoms with Gasteiger partial charge in [-0.25, -0.2) is 0 Å². The summed E-state index contributed by atoms with van der Waals surface area (Å²) in [4.78, 5) is 10.9. The van der Waals surface area contributed by atoms with E-state index in [-0.39, 0.29) is 6.42 Å². The number of hydrogen-bond donors (Lipinski definition) is 2. The summed E-state index contributed by atoms with van der Waals surface area (Å²) in [5.74, 6) is -1.12. The quantitative estimate of drug-likeness (QED) is 0.787. The minimum atomic E-state index is -1.12. The highest BCUT2D eigenvalue weighted by Crippen LogP contribution is 2.33. The van der Waals surface area contributed by atoms with Gasteiger partial charge in [0, 0.05) is 23.1 Å². The van der Waals surface area contributed by atoms with Gasteiger partial charge in [0.05, 0.1) is 23.8 Å². The van der Waals surface area contributed by atoms with E-state index in [1.807, 2.05) is 32.0 Å². The zero-order valence-electron chi connectivity index (χ0n) is 15.7. The summed E-state index contributed by atoms with van der Waals surface area (Å²) in [5, 5.41) is 17.4. The van der Waals surface area contributed by atoms with E-state index in [1.54, 1.807) is 12.1 Å². The van der Waals surface area contributed by atoms with Crippen LogP contribution in [-0.2, 0) is 11.2 Å². The topological polar surface area (TPSA) is 68.8 Å². The Morgan fingerprint density at radius 2 is 1.69 bits per heavy atom. The minimum Gasteiger partial charge on any atom is -0.550 e. The van der Waals surface area contributed by atoms with Crippen molar-refractivity contribution in [3.05, 3.63) is 57.1 Å². The van der Waals surface area contributed by atoms with Gasteiger partial charge in [0.25, 0.3) is 0 Å². The van der Waals surface area contributed by atoms with Crippen LogP contribution in [0.3, 0.4) is 0 Å². The van der Waals surface area contributed by atoms with Crippen molar-refractivity contribution in [1.29, 1.82) is 0 Å². The van der Waals surface area contributed by atoms with Gasteiger partial charge in [0.15, 0.2) is 0 Å². The second kappa shape index (κ2) is 11.1. The molecule has 0 aliphatic rings. The molecule has 0 aromatic heterocycles. The molecule has 0 spiro atoms. The molecule has 26 heavy (non-hydrogen) atoms. The Kier molecular flexibility index (Phi) is 9.49. The lowest BCUT2D eigenvalue weighted by atomic mass is 10.1. The second-order valence-corrected chi connectivity index (χ2v) is 6.76. The highest BCUT2D eigenvalue weighted by Gasteiger charge is 2.09. The standard InChI is InChI=1S/C16H15Cl2NO2.C4H11N/c1-9-3-5-13(11(7-9)8-15(20)21)19-14-6-4-12(17)10(2)16(14)18;1-3-5-4-2/h3-7,19H,8H2,1-2H3,(H,20,21);5H,3-4H2,1-2H3. The van der Waals surface area contributed by atoms with Gasteiger partial charge in [-0.2, -0.15) is 0 Å². The second-order valence-electron chi connectivity index (χ2n) is 5.97. The molecule has 0 atom stereocenters. The smallest absolute Gasteiger partial charge is 0.0726 e. The number of quaternary nitrogens is 1. The number of carbonyl (C=O) groups is 1. The van der Waals surface area contributed by atoms with Crippen LogP contribution in [0.15, 0.2) is 30.3 Å². The van der Waals surface area contributed by atoms with E-state index in [2.05, 4.69) is 24.5 Å². The number of carboxylic acid groups (broad SMARTS) is 1. The Morgan fingerprint density at radius 3 is 2.23 bits per heavy atom. The van der Waals surface area contributed by atoms with Crippen molar-refractivity contribution in [3.8, 4) is 0 Å². The van der Waals surface area contributed by atoms with Crippen molar-refractivity contribution in [2.75, 3.05) is 18.4 Å². The van der Waals surface area contributed by atoms with Crippen molar-refractivity contribution >= 4 is 40.5 Å². The molecule has 0 saturated heterocycles. The number of aryl methyl sites for hydroxylation is 1. The first-order chi connectivity index (χ1) is 12.3. The summed E-state index contributed by atoms with van der Waals surface area (Å²) in [6.07, 6.45) is -0.159. The number of halogens is 2. The molecule has 0 heterocycles. The monoisotopic (exact) mass is 396 g/mol. The Morgan fingerprint density at radius 1 is 1.08 bits per heavy atom. The zero-order valence-corrected chi connectivity index (χ0v) is 17.2. The lowest BCUT2D eigenvalue weighted by Crippen LogP contribution is -2.82. The maximum atomic E-state index is 10.9. The van der Waals surface area contributed by atoms with Crippen molar-refractivity contribution in [1.82, 2.24) is 0 Å². The number of rotatable bonds is 6. The van der Waals surface area contributed by atoms with Gasteiger partial charge in [-0.05, 0) is 57.0 Å². The summed E-state index contributed by atoms with van der Waals surface area (Å²) in [6, 6.07) is 9.05. The number of carboxylic acids is 1. The first-order valence-electron chi connectivity index (χ1n) is 8.62. The molecule has 2 aromatic carbocycles. The lowest BCUT2D eigenvalue weighted by Gasteiger charge is -2.16. The van der Waals surface area contributed by atoms with Crippen LogP contribution in [0.2, 0.25) is 10.0 Å². The summed E-state index contributed by atoms with van der Waals surface area (Å²) >= 11 is 12.3. The molecule has 0 amide bonds. The molecule has 2 aromatic rings. The number of aliphatic carboxylic acids is 1. The Hall–Kier alpha value is -1.75. The van der Waals surface area contributed by atoms with Gasteiger partial charge in [0.1, 0.15) is 0 Å². The maximum absolute atomic E-state index is 10.9.